The minimum atomic E-state index is -0.384. The van der Waals surface area contributed by atoms with Crippen LogP contribution >= 0.6 is 0 Å². The van der Waals surface area contributed by atoms with Crippen molar-refractivity contribution < 1.29 is 9.59 Å². The van der Waals surface area contributed by atoms with Gasteiger partial charge >= 0.3 is 0 Å². The SMILES string of the molecule is CCCN1C(=O)C(=O)c2ccc(C)c(C)c21. The van der Waals surface area contributed by atoms with E-state index in [2.05, 4.69) is 0 Å². The van der Waals surface area contributed by atoms with Crippen LogP contribution in [-0.4, -0.2) is 18.2 Å². The van der Waals surface area contributed by atoms with E-state index in [0.29, 0.717) is 12.1 Å². The predicted octanol–water partition coefficient (Wildman–Crippen LogP) is 2.24. The second-order valence-corrected chi connectivity index (χ2v) is 4.19. The third kappa shape index (κ3) is 1.35. The summed E-state index contributed by atoms with van der Waals surface area (Å²) in [6, 6.07) is 3.66. The number of nitrogens with zero attached hydrogens (tertiary/aromatic N) is 1. The highest BCUT2D eigenvalue weighted by Gasteiger charge is 2.36. The van der Waals surface area contributed by atoms with Crippen LogP contribution in [0.1, 0.15) is 34.8 Å². The van der Waals surface area contributed by atoms with Gasteiger partial charge < -0.3 is 4.90 Å². The van der Waals surface area contributed by atoms with Gasteiger partial charge in [-0.05, 0) is 37.5 Å². The van der Waals surface area contributed by atoms with Crippen molar-refractivity contribution in [1.29, 1.82) is 0 Å². The fourth-order valence-electron chi connectivity index (χ4n) is 2.11. The molecule has 0 radical (unpaired) electrons. The molecule has 84 valence electrons. The van der Waals surface area contributed by atoms with Crippen LogP contribution < -0.4 is 4.90 Å². The van der Waals surface area contributed by atoms with Crippen molar-refractivity contribution in [2.45, 2.75) is 27.2 Å². The van der Waals surface area contributed by atoms with Gasteiger partial charge in [-0.25, -0.2) is 0 Å². The largest absolute Gasteiger partial charge is 0.304 e. The number of benzene rings is 1. The fraction of sp³-hybridized carbons (Fsp3) is 0.385. The highest BCUT2D eigenvalue weighted by atomic mass is 16.2. The summed E-state index contributed by atoms with van der Waals surface area (Å²) < 4.78 is 0. The van der Waals surface area contributed by atoms with Gasteiger partial charge in [0.2, 0.25) is 0 Å². The molecule has 0 unspecified atom stereocenters. The van der Waals surface area contributed by atoms with E-state index >= 15 is 0 Å². The Morgan fingerprint density at radius 3 is 2.50 bits per heavy atom. The van der Waals surface area contributed by atoms with E-state index in [1.165, 1.54) is 0 Å². The topological polar surface area (TPSA) is 37.4 Å². The van der Waals surface area contributed by atoms with E-state index < -0.39 is 0 Å². The van der Waals surface area contributed by atoms with Gasteiger partial charge in [0.25, 0.3) is 11.7 Å². The smallest absolute Gasteiger partial charge is 0.299 e. The second-order valence-electron chi connectivity index (χ2n) is 4.19. The van der Waals surface area contributed by atoms with E-state index in [9.17, 15) is 9.59 Å². The molecular weight excluding hydrogens is 202 g/mol. The van der Waals surface area contributed by atoms with Gasteiger partial charge in [-0.15, -0.1) is 0 Å². The molecule has 0 bridgehead atoms. The van der Waals surface area contributed by atoms with Gasteiger partial charge in [-0.2, -0.15) is 0 Å². The molecule has 0 saturated carbocycles. The van der Waals surface area contributed by atoms with Crippen molar-refractivity contribution in [2.75, 3.05) is 11.4 Å². The first-order valence-corrected chi connectivity index (χ1v) is 5.54. The normalized spacial score (nSPS) is 14.6. The summed E-state index contributed by atoms with van der Waals surface area (Å²) in [4.78, 5) is 25.2. The molecule has 1 amide bonds. The van der Waals surface area contributed by atoms with Crippen molar-refractivity contribution in [2.24, 2.45) is 0 Å². The second kappa shape index (κ2) is 3.74. The first-order valence-electron chi connectivity index (χ1n) is 5.54. The number of amides is 1. The quantitative estimate of drug-likeness (QED) is 0.712. The van der Waals surface area contributed by atoms with Gasteiger partial charge in [0.15, 0.2) is 0 Å². The summed E-state index contributed by atoms with van der Waals surface area (Å²) in [6.45, 7) is 6.57. The lowest BCUT2D eigenvalue weighted by Gasteiger charge is -2.18. The summed E-state index contributed by atoms with van der Waals surface area (Å²) in [5.74, 6) is -0.753. The van der Waals surface area contributed by atoms with E-state index in [1.54, 1.807) is 11.0 Å². The monoisotopic (exact) mass is 217 g/mol. The maximum Gasteiger partial charge on any atom is 0.299 e. The van der Waals surface area contributed by atoms with Gasteiger partial charge in [0.05, 0.1) is 11.3 Å². The Balaban J connectivity index is 2.62. The molecule has 1 aliphatic heterocycles. The number of anilines is 1. The van der Waals surface area contributed by atoms with Gasteiger partial charge in [-0.1, -0.05) is 13.0 Å². The molecular formula is C13H15NO2. The lowest BCUT2D eigenvalue weighted by Crippen LogP contribution is -2.30. The zero-order chi connectivity index (χ0) is 11.9. The lowest BCUT2D eigenvalue weighted by molar-refractivity contribution is -0.114. The molecule has 2 rings (SSSR count). The van der Waals surface area contributed by atoms with E-state index in [-0.39, 0.29) is 11.7 Å². The molecule has 0 atom stereocenters. The lowest BCUT2D eigenvalue weighted by atomic mass is 10.0. The highest BCUT2D eigenvalue weighted by Crippen LogP contribution is 2.33. The Hall–Kier alpha value is -1.64. The molecule has 3 nitrogen and oxygen atoms in total. The highest BCUT2D eigenvalue weighted by molar-refractivity contribution is 6.52. The third-order valence-electron chi connectivity index (χ3n) is 3.10. The molecule has 16 heavy (non-hydrogen) atoms. The first kappa shape index (κ1) is 10.9. The number of rotatable bonds is 2. The molecule has 1 aromatic rings. The number of aryl methyl sites for hydroxylation is 1. The first-order chi connectivity index (χ1) is 7.57. The number of carbonyl (C=O) groups excluding carboxylic acids is 2. The fourth-order valence-corrected chi connectivity index (χ4v) is 2.11. The summed E-state index contributed by atoms with van der Waals surface area (Å²) in [7, 11) is 0. The van der Waals surface area contributed by atoms with Crippen LogP contribution in [0, 0.1) is 13.8 Å². The number of Topliss-reactive ketones (excluding diaryl/α,β-unsaturated/α-hetero) is 1. The Morgan fingerprint density at radius 2 is 1.88 bits per heavy atom. The molecule has 3 heteroatoms. The van der Waals surface area contributed by atoms with Gasteiger partial charge in [-0.3, -0.25) is 9.59 Å². The van der Waals surface area contributed by atoms with Crippen LogP contribution in [0.5, 0.6) is 0 Å². The van der Waals surface area contributed by atoms with Crippen LogP contribution in [0.2, 0.25) is 0 Å². The van der Waals surface area contributed by atoms with Crippen molar-refractivity contribution >= 4 is 17.4 Å². The zero-order valence-electron chi connectivity index (χ0n) is 9.83. The molecule has 1 heterocycles. The number of hydrogen-bond acceptors (Lipinski definition) is 2. The van der Waals surface area contributed by atoms with E-state index in [4.69, 9.17) is 0 Å². The van der Waals surface area contributed by atoms with Crippen molar-refractivity contribution in [3.63, 3.8) is 0 Å². The van der Waals surface area contributed by atoms with Crippen molar-refractivity contribution in [1.82, 2.24) is 0 Å². The molecule has 1 aliphatic rings. The Labute approximate surface area is 95.1 Å². The summed E-state index contributed by atoms with van der Waals surface area (Å²) in [5.41, 5.74) is 3.52. The number of fused-ring (bicyclic) bond motifs is 1. The summed E-state index contributed by atoms with van der Waals surface area (Å²) in [6.07, 6.45) is 0.853. The van der Waals surface area contributed by atoms with Crippen LogP contribution in [0.4, 0.5) is 5.69 Å². The Kier molecular flexibility index (Phi) is 2.54. The van der Waals surface area contributed by atoms with Gasteiger partial charge in [0, 0.05) is 6.54 Å². The van der Waals surface area contributed by atoms with Crippen LogP contribution in [0.25, 0.3) is 0 Å². The summed E-state index contributed by atoms with van der Waals surface area (Å²) >= 11 is 0. The molecule has 0 aromatic heterocycles. The number of carbonyl (C=O) groups is 2. The standard InChI is InChI=1S/C13H15NO2/c1-4-7-14-11-9(3)8(2)5-6-10(11)12(15)13(14)16/h5-6H,4,7H2,1-3H3. The maximum absolute atomic E-state index is 11.8. The minimum absolute atomic E-state index is 0.369. The van der Waals surface area contributed by atoms with Crippen LogP contribution in [0.3, 0.4) is 0 Å². The molecule has 0 fully saturated rings. The molecule has 0 N–H and O–H groups in total. The van der Waals surface area contributed by atoms with Gasteiger partial charge in [0.1, 0.15) is 0 Å². The zero-order valence-corrected chi connectivity index (χ0v) is 9.83. The van der Waals surface area contributed by atoms with Crippen LogP contribution in [0.15, 0.2) is 12.1 Å². The molecule has 0 aliphatic carbocycles. The molecule has 0 saturated heterocycles. The third-order valence-corrected chi connectivity index (χ3v) is 3.10. The van der Waals surface area contributed by atoms with Crippen LogP contribution in [-0.2, 0) is 4.79 Å². The average Bonchev–Trinajstić information content (AvgIpc) is 2.50. The van der Waals surface area contributed by atoms with Crippen molar-refractivity contribution in [3.05, 3.63) is 28.8 Å². The Morgan fingerprint density at radius 1 is 1.19 bits per heavy atom. The average molecular weight is 217 g/mol. The van der Waals surface area contributed by atoms with Crippen molar-refractivity contribution in [3.8, 4) is 0 Å². The number of hydrogen-bond donors (Lipinski definition) is 0. The Bertz CT molecular complexity index is 477. The van der Waals surface area contributed by atoms with E-state index in [1.807, 2.05) is 26.8 Å². The van der Waals surface area contributed by atoms with E-state index in [0.717, 1.165) is 23.2 Å². The predicted molar refractivity (Wildman–Crippen MR) is 62.9 cm³/mol. The molecule has 0 spiro atoms. The number of ketones is 1. The summed E-state index contributed by atoms with van der Waals surface area (Å²) in [5, 5.41) is 0. The molecule has 1 aromatic carbocycles. The minimum Gasteiger partial charge on any atom is -0.304 e. The maximum atomic E-state index is 11.8.